The fraction of sp³-hybridized carbons (Fsp3) is 0.474. The van der Waals surface area contributed by atoms with Crippen molar-refractivity contribution in [3.05, 3.63) is 18.2 Å². The Labute approximate surface area is 169 Å². The van der Waals surface area contributed by atoms with Gasteiger partial charge in [-0.1, -0.05) is 13.3 Å². The highest BCUT2D eigenvalue weighted by Crippen LogP contribution is 2.29. The summed E-state index contributed by atoms with van der Waals surface area (Å²) in [5, 5.41) is 11.5. The lowest BCUT2D eigenvalue weighted by Gasteiger charge is -2.25. The first kappa shape index (κ1) is 19.7. The summed E-state index contributed by atoms with van der Waals surface area (Å²) in [7, 11) is -1.72. The van der Waals surface area contributed by atoms with E-state index in [0.29, 0.717) is 36.1 Å². The molecule has 1 N–H and O–H groups in total. The van der Waals surface area contributed by atoms with Gasteiger partial charge in [-0.2, -0.15) is 9.29 Å². The van der Waals surface area contributed by atoms with Gasteiger partial charge >= 0.3 is 0 Å². The normalized spacial score (nSPS) is 15.8. The van der Waals surface area contributed by atoms with Crippen molar-refractivity contribution in [2.75, 3.05) is 18.4 Å². The van der Waals surface area contributed by atoms with Crippen molar-refractivity contribution in [2.45, 2.75) is 43.9 Å². The van der Waals surface area contributed by atoms with Gasteiger partial charge in [-0.15, -0.1) is 10.2 Å². The van der Waals surface area contributed by atoms with Crippen LogP contribution in [-0.2, 0) is 21.9 Å². The lowest BCUT2D eigenvalue weighted by Crippen LogP contribution is -2.35. The topological polar surface area (TPSA) is 110 Å². The molecule has 0 spiro atoms. The molecule has 1 amide bonds. The van der Waals surface area contributed by atoms with Gasteiger partial charge in [0.15, 0.2) is 5.65 Å². The van der Waals surface area contributed by atoms with Crippen LogP contribution in [0, 0.1) is 0 Å². The van der Waals surface area contributed by atoms with Gasteiger partial charge in [0.05, 0.1) is 10.4 Å². The van der Waals surface area contributed by atoms with Crippen LogP contribution in [-0.4, -0.2) is 51.5 Å². The Morgan fingerprint density at radius 2 is 1.93 bits per heavy atom. The molecule has 0 radical (unpaired) electrons. The number of carbonyl (C=O) groups is 1. The van der Waals surface area contributed by atoms with Crippen LogP contribution in [0.15, 0.2) is 23.1 Å². The Bertz CT molecular complexity index is 1180. The summed E-state index contributed by atoms with van der Waals surface area (Å²) >= 11 is 0. The predicted molar refractivity (Wildman–Crippen MR) is 110 cm³/mol. The first-order chi connectivity index (χ1) is 13.9. The van der Waals surface area contributed by atoms with Crippen LogP contribution in [0.4, 0.5) is 5.95 Å². The highest BCUT2D eigenvalue weighted by atomic mass is 32.2. The minimum Gasteiger partial charge on any atom is -0.327 e. The van der Waals surface area contributed by atoms with Crippen molar-refractivity contribution in [3.63, 3.8) is 0 Å². The van der Waals surface area contributed by atoms with Crippen molar-refractivity contribution >= 4 is 43.9 Å². The number of benzene rings is 1. The van der Waals surface area contributed by atoms with Crippen LogP contribution in [0.5, 0.6) is 0 Å². The van der Waals surface area contributed by atoms with Crippen LogP contribution >= 0.6 is 0 Å². The number of sulfonamides is 1. The second-order valence-corrected chi connectivity index (χ2v) is 9.25. The molecule has 9 nitrogen and oxygen atoms in total. The number of fused-ring (bicyclic) bond motifs is 3. The largest absolute Gasteiger partial charge is 0.327 e. The van der Waals surface area contributed by atoms with Gasteiger partial charge in [0.1, 0.15) is 5.52 Å². The van der Waals surface area contributed by atoms with Crippen LogP contribution in [0.1, 0.15) is 39.0 Å². The number of hydrogen-bond acceptors (Lipinski definition) is 6. The number of aryl methyl sites for hydroxylation is 1. The molecule has 29 heavy (non-hydrogen) atoms. The number of carbonyl (C=O) groups excluding carboxylic acids is 1. The number of aromatic nitrogens is 4. The quantitative estimate of drug-likeness (QED) is 0.684. The highest BCUT2D eigenvalue weighted by molar-refractivity contribution is 7.89. The molecule has 0 bridgehead atoms. The molecular weight excluding hydrogens is 392 g/mol. The van der Waals surface area contributed by atoms with E-state index in [1.54, 1.807) is 22.5 Å². The van der Waals surface area contributed by atoms with E-state index in [4.69, 9.17) is 0 Å². The molecule has 4 rings (SSSR count). The Balaban J connectivity index is 1.76. The van der Waals surface area contributed by atoms with Gasteiger partial charge in [-0.25, -0.2) is 8.42 Å². The lowest BCUT2D eigenvalue weighted by atomic mass is 10.2. The molecule has 3 aromatic rings. The maximum atomic E-state index is 13.0. The summed E-state index contributed by atoms with van der Waals surface area (Å²) in [5.74, 6) is -0.0228. The fourth-order valence-corrected chi connectivity index (χ4v) is 5.26. The van der Waals surface area contributed by atoms with Crippen LogP contribution in [0.25, 0.3) is 22.1 Å². The second kappa shape index (κ2) is 7.68. The Kier molecular flexibility index (Phi) is 5.22. The molecule has 2 aromatic heterocycles. The lowest BCUT2D eigenvalue weighted by molar-refractivity contribution is -0.116. The predicted octanol–water partition coefficient (Wildman–Crippen LogP) is 2.43. The van der Waals surface area contributed by atoms with E-state index in [2.05, 4.69) is 20.5 Å². The standard InChI is InChI=1S/C19H24N6O3S/c1-3-7-16(26)20-19-21-18-17(22-23-19)14-12-13(8-9-15(14)24(18)2)29(27,28)25-10-5-4-6-11-25/h8-9,12H,3-7,10-11H2,1-2H3,(H,20,21,23,26). The van der Waals surface area contributed by atoms with Gasteiger partial charge in [0.25, 0.3) is 5.95 Å². The van der Waals surface area contributed by atoms with Gasteiger partial charge in [-0.05, 0) is 37.5 Å². The number of rotatable bonds is 5. The molecule has 0 saturated carbocycles. The third kappa shape index (κ3) is 3.58. The summed E-state index contributed by atoms with van der Waals surface area (Å²) in [6.45, 7) is 3.03. The SMILES string of the molecule is CCCC(=O)Nc1nnc2c3cc(S(=O)(=O)N4CCCCC4)ccc3n(C)c2n1. The molecule has 1 aliphatic heterocycles. The molecule has 0 unspecified atom stereocenters. The molecular formula is C19H24N6O3S. The van der Waals surface area contributed by atoms with Crippen molar-refractivity contribution in [3.8, 4) is 0 Å². The summed E-state index contributed by atoms with van der Waals surface area (Å²) in [5.41, 5.74) is 1.84. The molecule has 0 aliphatic carbocycles. The monoisotopic (exact) mass is 416 g/mol. The molecule has 1 saturated heterocycles. The van der Waals surface area contributed by atoms with E-state index in [9.17, 15) is 13.2 Å². The minimum absolute atomic E-state index is 0.142. The Morgan fingerprint density at radius 3 is 2.66 bits per heavy atom. The fourth-order valence-electron chi connectivity index (χ4n) is 3.72. The maximum Gasteiger partial charge on any atom is 0.251 e. The summed E-state index contributed by atoms with van der Waals surface area (Å²) < 4.78 is 29.4. The van der Waals surface area contributed by atoms with E-state index in [-0.39, 0.29) is 16.8 Å². The zero-order valence-corrected chi connectivity index (χ0v) is 17.4. The van der Waals surface area contributed by atoms with Crippen LogP contribution in [0.2, 0.25) is 0 Å². The summed E-state index contributed by atoms with van der Waals surface area (Å²) in [6.07, 6.45) is 3.94. The van der Waals surface area contributed by atoms with E-state index < -0.39 is 10.0 Å². The van der Waals surface area contributed by atoms with E-state index >= 15 is 0 Å². The van der Waals surface area contributed by atoms with Crippen LogP contribution in [0.3, 0.4) is 0 Å². The average molecular weight is 417 g/mol. The second-order valence-electron chi connectivity index (χ2n) is 7.31. The van der Waals surface area contributed by atoms with Gasteiger partial charge < -0.3 is 4.57 Å². The zero-order valence-electron chi connectivity index (χ0n) is 16.6. The van der Waals surface area contributed by atoms with Gasteiger partial charge in [-0.3, -0.25) is 10.1 Å². The molecule has 1 aliphatic rings. The molecule has 3 heterocycles. The first-order valence-corrected chi connectivity index (χ1v) is 11.3. The van der Waals surface area contributed by atoms with E-state index in [0.717, 1.165) is 31.2 Å². The van der Waals surface area contributed by atoms with Crippen molar-refractivity contribution in [1.82, 2.24) is 24.1 Å². The third-order valence-electron chi connectivity index (χ3n) is 5.25. The molecule has 0 atom stereocenters. The van der Waals surface area contributed by atoms with E-state index in [1.807, 2.05) is 18.5 Å². The van der Waals surface area contributed by atoms with Crippen molar-refractivity contribution < 1.29 is 13.2 Å². The molecule has 10 heteroatoms. The smallest absolute Gasteiger partial charge is 0.251 e. The average Bonchev–Trinajstić information content (AvgIpc) is 3.00. The number of amides is 1. The number of piperidine rings is 1. The van der Waals surface area contributed by atoms with Crippen molar-refractivity contribution in [2.24, 2.45) is 7.05 Å². The summed E-state index contributed by atoms with van der Waals surface area (Å²) in [4.78, 5) is 16.5. The van der Waals surface area contributed by atoms with Gasteiger partial charge in [0.2, 0.25) is 15.9 Å². The first-order valence-electron chi connectivity index (χ1n) is 9.84. The third-order valence-corrected chi connectivity index (χ3v) is 7.15. The number of nitrogens with one attached hydrogen (secondary N) is 1. The minimum atomic E-state index is -3.54. The Morgan fingerprint density at radius 1 is 1.17 bits per heavy atom. The molecule has 1 fully saturated rings. The summed E-state index contributed by atoms with van der Waals surface area (Å²) in [6, 6.07) is 5.04. The van der Waals surface area contributed by atoms with Crippen LogP contribution < -0.4 is 5.32 Å². The molecule has 154 valence electrons. The Hall–Kier alpha value is -2.59. The zero-order chi connectivity index (χ0) is 20.6. The van der Waals surface area contributed by atoms with Crippen molar-refractivity contribution in [1.29, 1.82) is 0 Å². The van der Waals surface area contributed by atoms with E-state index in [1.165, 1.54) is 0 Å². The highest BCUT2D eigenvalue weighted by Gasteiger charge is 2.27. The number of anilines is 1. The number of hydrogen-bond donors (Lipinski definition) is 1. The van der Waals surface area contributed by atoms with Gasteiger partial charge in [0, 0.05) is 31.9 Å². The molecule has 1 aromatic carbocycles. The maximum absolute atomic E-state index is 13.0. The number of nitrogens with zero attached hydrogens (tertiary/aromatic N) is 5.